The molecule has 3 nitrogen and oxygen atoms in total. The van der Waals surface area contributed by atoms with Crippen molar-refractivity contribution in [3.05, 3.63) is 29.6 Å². The van der Waals surface area contributed by atoms with Crippen molar-refractivity contribution in [2.75, 3.05) is 6.61 Å². The molecule has 1 aromatic carbocycles. The van der Waals surface area contributed by atoms with E-state index in [2.05, 4.69) is 5.10 Å². The Labute approximate surface area is 68.6 Å². The molecule has 62 valence electrons. The number of nitrogens with zero attached hydrogens (tertiary/aromatic N) is 1. The third kappa shape index (κ3) is 0.922. The maximum absolute atomic E-state index is 12.7. The zero-order chi connectivity index (χ0) is 8.55. The van der Waals surface area contributed by atoms with Crippen LogP contribution in [0.1, 0.15) is 5.56 Å². The minimum absolute atomic E-state index is 0.305. The molecule has 0 aliphatic carbocycles. The molecule has 1 aliphatic rings. The molecule has 0 amide bonds. The first-order valence-corrected chi connectivity index (χ1v) is 3.51. The molecule has 0 spiro atoms. The smallest absolute Gasteiger partial charge is 0.133 e. The van der Waals surface area contributed by atoms with Crippen LogP contribution < -0.4 is 10.6 Å². The van der Waals surface area contributed by atoms with Gasteiger partial charge in [0.05, 0.1) is 0 Å². The van der Waals surface area contributed by atoms with Crippen molar-refractivity contribution in [2.24, 2.45) is 10.9 Å². The first kappa shape index (κ1) is 7.09. The number of benzene rings is 1. The third-order valence-electron chi connectivity index (χ3n) is 1.77. The first-order chi connectivity index (χ1) is 5.81. The van der Waals surface area contributed by atoms with Gasteiger partial charge in [-0.05, 0) is 18.2 Å². The highest BCUT2D eigenvalue weighted by Crippen LogP contribution is 2.25. The van der Waals surface area contributed by atoms with Crippen LogP contribution in [0, 0.1) is 5.82 Å². The van der Waals surface area contributed by atoms with Crippen molar-refractivity contribution in [3.63, 3.8) is 0 Å². The van der Waals surface area contributed by atoms with Crippen molar-refractivity contribution < 1.29 is 9.13 Å². The van der Waals surface area contributed by atoms with Gasteiger partial charge in [-0.1, -0.05) is 0 Å². The van der Waals surface area contributed by atoms with Crippen LogP contribution in [0.15, 0.2) is 23.3 Å². The van der Waals surface area contributed by atoms with E-state index in [1.165, 1.54) is 12.1 Å². The van der Waals surface area contributed by atoms with E-state index in [0.717, 1.165) is 0 Å². The minimum atomic E-state index is -0.305. The van der Waals surface area contributed by atoms with Crippen molar-refractivity contribution in [3.8, 4) is 5.75 Å². The Morgan fingerprint density at radius 3 is 3.08 bits per heavy atom. The molecule has 4 heteroatoms. The molecule has 0 aromatic heterocycles. The Morgan fingerprint density at radius 2 is 2.33 bits per heavy atom. The van der Waals surface area contributed by atoms with Crippen LogP contribution in [0.4, 0.5) is 4.39 Å². The lowest BCUT2D eigenvalue weighted by Crippen LogP contribution is -2.05. The minimum Gasteiger partial charge on any atom is -0.486 e. The predicted molar refractivity (Wildman–Crippen MR) is 42.6 cm³/mol. The molecule has 0 atom stereocenters. The highest BCUT2D eigenvalue weighted by Gasteiger charge is 2.19. The van der Waals surface area contributed by atoms with E-state index in [1.807, 2.05) is 0 Å². The summed E-state index contributed by atoms with van der Waals surface area (Å²) in [6, 6.07) is 4.29. The van der Waals surface area contributed by atoms with Crippen molar-refractivity contribution >= 4 is 5.71 Å². The SMILES string of the molecule is N/N=C1/COc2ccc(F)cc21. The quantitative estimate of drug-likeness (QED) is 0.459. The normalized spacial score (nSPS) is 17.6. The number of hydrazone groups is 1. The van der Waals surface area contributed by atoms with Gasteiger partial charge in [0.25, 0.3) is 0 Å². The van der Waals surface area contributed by atoms with Gasteiger partial charge in [-0.25, -0.2) is 4.39 Å². The number of nitrogens with two attached hydrogens (primary N) is 1. The zero-order valence-corrected chi connectivity index (χ0v) is 6.25. The molecule has 12 heavy (non-hydrogen) atoms. The van der Waals surface area contributed by atoms with Crippen LogP contribution in [0.5, 0.6) is 5.75 Å². The number of ether oxygens (including phenoxy) is 1. The molecular formula is C8H7FN2O. The van der Waals surface area contributed by atoms with Gasteiger partial charge in [0.15, 0.2) is 0 Å². The molecule has 1 aromatic rings. The number of halogens is 1. The summed E-state index contributed by atoms with van der Waals surface area (Å²) < 4.78 is 17.9. The molecule has 1 heterocycles. The monoisotopic (exact) mass is 166 g/mol. The second-order valence-corrected chi connectivity index (χ2v) is 2.50. The largest absolute Gasteiger partial charge is 0.486 e. The molecule has 1 aliphatic heterocycles. The van der Waals surface area contributed by atoms with Gasteiger partial charge in [-0.2, -0.15) is 5.10 Å². The Morgan fingerprint density at radius 1 is 1.50 bits per heavy atom. The van der Waals surface area contributed by atoms with Gasteiger partial charge in [-0.15, -0.1) is 0 Å². The van der Waals surface area contributed by atoms with Gasteiger partial charge in [0.2, 0.25) is 0 Å². The predicted octanol–water partition coefficient (Wildman–Crippen LogP) is 0.881. The standard InChI is InChI=1S/C8H7FN2O/c9-5-1-2-8-6(3-5)7(11-10)4-12-8/h1-3H,4,10H2/b11-7-. The Balaban J connectivity index is 2.57. The highest BCUT2D eigenvalue weighted by molar-refractivity contribution is 6.06. The molecule has 0 unspecified atom stereocenters. The summed E-state index contributed by atoms with van der Waals surface area (Å²) in [5.74, 6) is 5.42. The average molecular weight is 166 g/mol. The van der Waals surface area contributed by atoms with Crippen LogP contribution in [-0.4, -0.2) is 12.3 Å². The molecule has 0 radical (unpaired) electrons. The van der Waals surface area contributed by atoms with Crippen LogP contribution in [0.25, 0.3) is 0 Å². The van der Waals surface area contributed by atoms with Crippen LogP contribution >= 0.6 is 0 Å². The van der Waals surface area contributed by atoms with Gasteiger partial charge >= 0.3 is 0 Å². The Bertz CT molecular complexity index is 349. The summed E-state index contributed by atoms with van der Waals surface area (Å²) in [5, 5.41) is 3.49. The van der Waals surface area contributed by atoms with E-state index in [0.29, 0.717) is 23.6 Å². The maximum atomic E-state index is 12.7. The fourth-order valence-corrected chi connectivity index (χ4v) is 1.18. The summed E-state index contributed by atoms with van der Waals surface area (Å²) in [7, 11) is 0. The van der Waals surface area contributed by atoms with Gasteiger partial charge in [0.1, 0.15) is 23.9 Å². The lowest BCUT2D eigenvalue weighted by Gasteiger charge is -1.95. The number of hydrogen-bond acceptors (Lipinski definition) is 3. The molecule has 2 N–H and O–H groups in total. The van der Waals surface area contributed by atoms with Crippen molar-refractivity contribution in [1.82, 2.24) is 0 Å². The lowest BCUT2D eigenvalue weighted by molar-refractivity contribution is 0.392. The molecule has 0 saturated carbocycles. The number of rotatable bonds is 0. The fraction of sp³-hybridized carbons (Fsp3) is 0.125. The van der Waals surface area contributed by atoms with Crippen molar-refractivity contribution in [2.45, 2.75) is 0 Å². The third-order valence-corrected chi connectivity index (χ3v) is 1.77. The number of fused-ring (bicyclic) bond motifs is 1. The van der Waals surface area contributed by atoms with E-state index in [9.17, 15) is 4.39 Å². The van der Waals surface area contributed by atoms with E-state index in [-0.39, 0.29) is 5.82 Å². The Hall–Kier alpha value is -1.58. The van der Waals surface area contributed by atoms with Gasteiger partial charge < -0.3 is 10.6 Å². The Kier molecular flexibility index (Phi) is 1.46. The maximum Gasteiger partial charge on any atom is 0.133 e. The molecule has 2 rings (SSSR count). The molecule has 0 bridgehead atoms. The fourth-order valence-electron chi connectivity index (χ4n) is 1.18. The summed E-state index contributed by atoms with van der Waals surface area (Å²) >= 11 is 0. The van der Waals surface area contributed by atoms with Gasteiger partial charge in [0, 0.05) is 5.56 Å². The molecule has 0 saturated heterocycles. The van der Waals surface area contributed by atoms with Gasteiger partial charge in [-0.3, -0.25) is 0 Å². The summed E-state index contributed by atoms with van der Waals surface area (Å²) in [5.41, 5.74) is 1.24. The van der Waals surface area contributed by atoms with E-state index in [4.69, 9.17) is 10.6 Å². The highest BCUT2D eigenvalue weighted by atomic mass is 19.1. The van der Waals surface area contributed by atoms with E-state index in [1.54, 1.807) is 6.07 Å². The molecular weight excluding hydrogens is 159 g/mol. The van der Waals surface area contributed by atoms with Crippen LogP contribution in [0.2, 0.25) is 0 Å². The summed E-state index contributed by atoms with van der Waals surface area (Å²) in [6.45, 7) is 0.329. The second-order valence-electron chi connectivity index (χ2n) is 2.50. The van der Waals surface area contributed by atoms with Crippen LogP contribution in [0.3, 0.4) is 0 Å². The average Bonchev–Trinajstić information content (AvgIpc) is 2.46. The first-order valence-electron chi connectivity index (χ1n) is 3.51. The lowest BCUT2D eigenvalue weighted by atomic mass is 10.1. The van der Waals surface area contributed by atoms with E-state index < -0.39 is 0 Å². The second kappa shape index (κ2) is 2.48. The van der Waals surface area contributed by atoms with Crippen LogP contribution in [-0.2, 0) is 0 Å². The topological polar surface area (TPSA) is 47.6 Å². The van der Waals surface area contributed by atoms with Crippen molar-refractivity contribution in [1.29, 1.82) is 0 Å². The van der Waals surface area contributed by atoms with E-state index >= 15 is 0 Å². The zero-order valence-electron chi connectivity index (χ0n) is 6.25. The number of hydrogen-bond donors (Lipinski definition) is 1. The summed E-state index contributed by atoms with van der Waals surface area (Å²) in [6.07, 6.45) is 0. The summed E-state index contributed by atoms with van der Waals surface area (Å²) in [4.78, 5) is 0. The molecule has 0 fully saturated rings.